The maximum absolute atomic E-state index is 12.7. The van der Waals surface area contributed by atoms with Gasteiger partial charge in [-0.2, -0.15) is 0 Å². The van der Waals surface area contributed by atoms with Gasteiger partial charge in [0.2, 0.25) is 0 Å². The molecule has 0 bridgehead atoms. The van der Waals surface area contributed by atoms with Crippen LogP contribution in [0.1, 0.15) is 194 Å². The first-order valence-electron chi connectivity index (χ1n) is 21.9. The highest BCUT2D eigenvalue weighted by atomic mass is 16.6. The van der Waals surface area contributed by atoms with Crippen molar-refractivity contribution in [3.8, 4) is 0 Å². The molecule has 1 unspecified atom stereocenters. The maximum atomic E-state index is 12.7. The minimum absolute atomic E-state index is 0.102. The van der Waals surface area contributed by atoms with Gasteiger partial charge in [-0.05, 0) is 83.5 Å². The van der Waals surface area contributed by atoms with Crippen molar-refractivity contribution in [2.24, 2.45) is 0 Å². The average molecular weight is 753 g/mol. The van der Waals surface area contributed by atoms with Crippen molar-refractivity contribution in [2.75, 3.05) is 13.2 Å². The molecule has 54 heavy (non-hydrogen) atoms. The van der Waals surface area contributed by atoms with Crippen molar-refractivity contribution >= 4 is 17.9 Å². The molecule has 0 amide bonds. The predicted molar refractivity (Wildman–Crippen MR) is 228 cm³/mol. The zero-order chi connectivity index (χ0) is 39.4. The van der Waals surface area contributed by atoms with Crippen LogP contribution in [-0.4, -0.2) is 37.2 Å². The van der Waals surface area contributed by atoms with Crippen molar-refractivity contribution in [2.45, 2.75) is 200 Å². The van der Waals surface area contributed by atoms with Gasteiger partial charge in [0, 0.05) is 19.3 Å². The number of carbonyl (C=O) groups excluding carboxylic acids is 3. The number of hydrogen-bond acceptors (Lipinski definition) is 6. The standard InChI is InChI=1S/C48H80O6/c1-4-7-10-13-16-19-22-25-28-31-34-37-40-46(49)52-43-45(54-48(51)42-39-36-33-30-27-24-21-18-15-12-9-6-3)44-53-47(50)41-38-35-32-29-26-23-20-17-14-11-8-5-2/h7,9-10,12,16,18-19,21,25,27-28,30,45H,4-6,8,11,13-15,17,20,22-24,26,29,31-44H2,1-3H3/b10-7-,12-9-,19-16-,21-18-,28-25-,30-27-. The maximum Gasteiger partial charge on any atom is 0.306 e. The van der Waals surface area contributed by atoms with Gasteiger partial charge >= 0.3 is 17.9 Å². The summed E-state index contributed by atoms with van der Waals surface area (Å²) in [7, 11) is 0. The fraction of sp³-hybridized carbons (Fsp3) is 0.688. The molecule has 0 radical (unpaired) electrons. The van der Waals surface area contributed by atoms with Crippen LogP contribution in [-0.2, 0) is 28.6 Å². The van der Waals surface area contributed by atoms with Gasteiger partial charge < -0.3 is 14.2 Å². The molecular weight excluding hydrogens is 673 g/mol. The second kappa shape index (κ2) is 42.6. The molecular formula is C48H80O6. The van der Waals surface area contributed by atoms with Crippen LogP contribution in [0, 0.1) is 0 Å². The Labute approximate surface area is 332 Å². The Hall–Kier alpha value is -3.15. The van der Waals surface area contributed by atoms with Gasteiger partial charge in [0.1, 0.15) is 13.2 Å². The molecule has 0 heterocycles. The van der Waals surface area contributed by atoms with Gasteiger partial charge in [0.15, 0.2) is 6.10 Å². The van der Waals surface area contributed by atoms with E-state index in [4.69, 9.17) is 14.2 Å². The highest BCUT2D eigenvalue weighted by Crippen LogP contribution is 2.13. The van der Waals surface area contributed by atoms with Crippen LogP contribution in [0.15, 0.2) is 72.9 Å². The molecule has 1 atom stereocenters. The number of esters is 3. The van der Waals surface area contributed by atoms with E-state index in [9.17, 15) is 14.4 Å². The fourth-order valence-electron chi connectivity index (χ4n) is 5.70. The molecule has 0 aromatic carbocycles. The van der Waals surface area contributed by atoms with Crippen LogP contribution in [0.25, 0.3) is 0 Å². The third kappa shape index (κ3) is 40.0. The summed E-state index contributed by atoms with van der Waals surface area (Å²) in [5.74, 6) is -0.991. The zero-order valence-electron chi connectivity index (χ0n) is 35.0. The van der Waals surface area contributed by atoms with Gasteiger partial charge in [-0.15, -0.1) is 0 Å². The molecule has 0 fully saturated rings. The van der Waals surface area contributed by atoms with E-state index in [0.29, 0.717) is 19.3 Å². The summed E-state index contributed by atoms with van der Waals surface area (Å²) in [5.41, 5.74) is 0. The Morgan fingerprint density at radius 3 is 1.13 bits per heavy atom. The van der Waals surface area contributed by atoms with Crippen molar-refractivity contribution in [3.05, 3.63) is 72.9 Å². The molecule has 0 saturated heterocycles. The van der Waals surface area contributed by atoms with E-state index in [1.165, 1.54) is 57.8 Å². The van der Waals surface area contributed by atoms with E-state index in [2.05, 4.69) is 93.7 Å². The van der Waals surface area contributed by atoms with E-state index in [0.717, 1.165) is 89.9 Å². The minimum Gasteiger partial charge on any atom is -0.462 e. The molecule has 6 nitrogen and oxygen atoms in total. The third-order valence-corrected chi connectivity index (χ3v) is 8.96. The molecule has 0 aliphatic heterocycles. The van der Waals surface area contributed by atoms with Gasteiger partial charge in [-0.1, -0.05) is 164 Å². The topological polar surface area (TPSA) is 78.9 Å². The molecule has 0 N–H and O–H groups in total. The van der Waals surface area contributed by atoms with Crippen LogP contribution >= 0.6 is 0 Å². The fourth-order valence-corrected chi connectivity index (χ4v) is 5.70. The first kappa shape index (κ1) is 50.9. The molecule has 0 aliphatic carbocycles. The molecule has 0 aromatic rings. The van der Waals surface area contributed by atoms with Gasteiger partial charge in [-0.3, -0.25) is 14.4 Å². The van der Waals surface area contributed by atoms with Gasteiger partial charge in [-0.25, -0.2) is 0 Å². The average Bonchev–Trinajstić information content (AvgIpc) is 3.17. The number of ether oxygens (including phenoxy) is 3. The zero-order valence-corrected chi connectivity index (χ0v) is 35.0. The van der Waals surface area contributed by atoms with Crippen molar-refractivity contribution in [3.63, 3.8) is 0 Å². The Kier molecular flexibility index (Phi) is 40.1. The van der Waals surface area contributed by atoms with Crippen LogP contribution in [0.3, 0.4) is 0 Å². The van der Waals surface area contributed by atoms with Gasteiger partial charge in [0.05, 0.1) is 0 Å². The summed E-state index contributed by atoms with van der Waals surface area (Å²) in [6.45, 7) is 6.31. The normalized spacial score (nSPS) is 12.7. The minimum atomic E-state index is -0.806. The van der Waals surface area contributed by atoms with Crippen LogP contribution in [0.4, 0.5) is 0 Å². The van der Waals surface area contributed by atoms with Crippen molar-refractivity contribution < 1.29 is 28.6 Å². The molecule has 0 saturated carbocycles. The van der Waals surface area contributed by atoms with E-state index in [1.54, 1.807) is 0 Å². The van der Waals surface area contributed by atoms with E-state index < -0.39 is 6.10 Å². The monoisotopic (exact) mass is 753 g/mol. The molecule has 6 heteroatoms. The molecule has 0 aromatic heterocycles. The van der Waals surface area contributed by atoms with Crippen molar-refractivity contribution in [1.29, 1.82) is 0 Å². The molecule has 0 rings (SSSR count). The number of carbonyl (C=O) groups is 3. The number of rotatable bonds is 38. The molecule has 0 spiro atoms. The molecule has 308 valence electrons. The third-order valence-electron chi connectivity index (χ3n) is 8.96. The lowest BCUT2D eigenvalue weighted by molar-refractivity contribution is -0.167. The summed E-state index contributed by atoms with van der Waals surface area (Å²) in [6.07, 6.45) is 51.8. The first-order valence-corrected chi connectivity index (χ1v) is 21.9. The number of hydrogen-bond donors (Lipinski definition) is 0. The first-order chi connectivity index (χ1) is 26.5. The number of allylic oxidation sites excluding steroid dienone is 12. The van der Waals surface area contributed by atoms with E-state index in [1.807, 2.05) is 0 Å². The summed E-state index contributed by atoms with van der Waals surface area (Å²) in [5, 5.41) is 0. The van der Waals surface area contributed by atoms with Crippen LogP contribution < -0.4 is 0 Å². The second-order valence-corrected chi connectivity index (χ2v) is 14.2. The lowest BCUT2D eigenvalue weighted by Gasteiger charge is -2.18. The Morgan fingerprint density at radius 1 is 0.389 bits per heavy atom. The lowest BCUT2D eigenvalue weighted by Crippen LogP contribution is -2.30. The van der Waals surface area contributed by atoms with Crippen molar-refractivity contribution in [1.82, 2.24) is 0 Å². The lowest BCUT2D eigenvalue weighted by atomic mass is 10.0. The predicted octanol–water partition coefficient (Wildman–Crippen LogP) is 13.9. The number of unbranched alkanes of at least 4 members (excludes halogenated alkanes) is 15. The largest absolute Gasteiger partial charge is 0.462 e. The summed E-state index contributed by atoms with van der Waals surface area (Å²) in [4.78, 5) is 37.6. The SMILES string of the molecule is CC/C=C\C/C=C\C/C=C\CCCCC(=O)OCC(COC(=O)CCCCCCCCCCCCCC)OC(=O)CCCC/C=C\C/C=C\C/C=C\CC. The molecule has 0 aliphatic rings. The van der Waals surface area contributed by atoms with Gasteiger partial charge in [0.25, 0.3) is 0 Å². The Morgan fingerprint density at radius 2 is 0.722 bits per heavy atom. The van der Waals surface area contributed by atoms with E-state index in [-0.39, 0.29) is 37.5 Å². The Bertz CT molecular complexity index is 1050. The van der Waals surface area contributed by atoms with Crippen LogP contribution in [0.5, 0.6) is 0 Å². The van der Waals surface area contributed by atoms with Crippen LogP contribution in [0.2, 0.25) is 0 Å². The Balaban J connectivity index is 4.50. The second-order valence-electron chi connectivity index (χ2n) is 14.2. The summed E-state index contributed by atoms with van der Waals surface area (Å²) >= 11 is 0. The highest BCUT2D eigenvalue weighted by Gasteiger charge is 2.19. The highest BCUT2D eigenvalue weighted by molar-refractivity contribution is 5.71. The smallest absolute Gasteiger partial charge is 0.306 e. The summed E-state index contributed by atoms with van der Waals surface area (Å²) < 4.78 is 16.6. The quantitative estimate of drug-likeness (QED) is 0.0270. The summed E-state index contributed by atoms with van der Waals surface area (Å²) in [6, 6.07) is 0. The van der Waals surface area contributed by atoms with E-state index >= 15 is 0 Å².